The normalized spacial score (nSPS) is 9.43. The highest BCUT2D eigenvalue weighted by Gasteiger charge is 2.10. The number of benzene rings is 2. The van der Waals surface area contributed by atoms with Crippen LogP contribution >= 0.6 is 24.6 Å². The first-order valence-electron chi connectivity index (χ1n) is 6.55. The van der Waals surface area contributed by atoms with Gasteiger partial charge in [0, 0.05) is 16.8 Å². The van der Waals surface area contributed by atoms with E-state index in [0.29, 0.717) is 16.8 Å². The van der Waals surface area contributed by atoms with Crippen molar-refractivity contribution in [1.29, 1.82) is 0 Å². The van der Waals surface area contributed by atoms with Crippen LogP contribution in [0.4, 0.5) is 5.69 Å². The molecule has 0 aliphatic rings. The maximum atomic E-state index is 12.1. The first-order valence-corrected chi connectivity index (χ1v) is 6.96. The van der Waals surface area contributed by atoms with Crippen molar-refractivity contribution in [2.45, 2.75) is 6.92 Å². The van der Waals surface area contributed by atoms with E-state index in [2.05, 4.69) is 10.6 Å². The second-order valence-electron chi connectivity index (χ2n) is 4.66. The number of amides is 2. The van der Waals surface area contributed by atoms with E-state index in [1.807, 2.05) is 19.1 Å². The molecule has 0 spiro atoms. The van der Waals surface area contributed by atoms with E-state index in [4.69, 9.17) is 18.0 Å². The number of rotatable bonds is 3. The van der Waals surface area contributed by atoms with Crippen LogP contribution in [-0.2, 0) is 0 Å². The molecule has 5 nitrogen and oxygen atoms in total. The highest BCUT2D eigenvalue weighted by Crippen LogP contribution is 2.10. The minimum atomic E-state index is -0.498. The fourth-order valence-corrected chi connectivity index (χ4v) is 2.09. The van der Waals surface area contributed by atoms with Gasteiger partial charge in [0.2, 0.25) is 5.91 Å². The Labute approximate surface area is 145 Å². The van der Waals surface area contributed by atoms with Gasteiger partial charge in [-0.3, -0.25) is 14.9 Å². The van der Waals surface area contributed by atoms with Crippen LogP contribution in [0, 0.1) is 6.92 Å². The third-order valence-electron chi connectivity index (χ3n) is 3.04. The number of carbonyl (C=O) groups excluding carboxylic acids is 2. The largest absolute Gasteiger partial charge is 0.366 e. The third-order valence-corrected chi connectivity index (χ3v) is 3.25. The molecule has 0 aliphatic heterocycles. The Morgan fingerprint density at radius 3 is 2.22 bits per heavy atom. The van der Waals surface area contributed by atoms with E-state index >= 15 is 0 Å². The summed E-state index contributed by atoms with van der Waals surface area (Å²) in [4.78, 5) is 23.1. The lowest BCUT2D eigenvalue weighted by Gasteiger charge is -2.11. The Hall–Kier alpha value is -2.44. The van der Waals surface area contributed by atoms with Crippen LogP contribution in [0.15, 0.2) is 48.5 Å². The van der Waals surface area contributed by atoms with E-state index in [1.54, 1.807) is 36.4 Å². The molecule has 0 saturated carbocycles. The molecular formula is C16H16ClN3O2S. The van der Waals surface area contributed by atoms with Crippen molar-refractivity contribution in [3.05, 3.63) is 65.2 Å². The number of aryl methyl sites for hydroxylation is 1. The molecule has 2 aromatic carbocycles. The summed E-state index contributed by atoms with van der Waals surface area (Å²) in [5.41, 5.74) is 7.66. The predicted octanol–water partition coefficient (Wildman–Crippen LogP) is 2.64. The zero-order valence-electron chi connectivity index (χ0n) is 12.3. The van der Waals surface area contributed by atoms with E-state index in [-0.39, 0.29) is 23.4 Å². The summed E-state index contributed by atoms with van der Waals surface area (Å²) >= 11 is 5.11. The van der Waals surface area contributed by atoms with Gasteiger partial charge >= 0.3 is 0 Å². The minimum Gasteiger partial charge on any atom is -0.366 e. The smallest absolute Gasteiger partial charge is 0.257 e. The molecule has 7 heteroatoms. The van der Waals surface area contributed by atoms with Crippen LogP contribution in [0.3, 0.4) is 0 Å². The summed E-state index contributed by atoms with van der Waals surface area (Å²) in [6.45, 7) is 1.86. The fourth-order valence-electron chi connectivity index (χ4n) is 1.88. The molecule has 0 aromatic heterocycles. The Bertz CT molecular complexity index is 732. The number of thiocarbonyl (C=S) groups is 1. The topological polar surface area (TPSA) is 84.2 Å². The van der Waals surface area contributed by atoms with Crippen molar-refractivity contribution in [1.82, 2.24) is 5.32 Å². The van der Waals surface area contributed by atoms with E-state index in [1.165, 1.54) is 0 Å². The molecule has 2 amide bonds. The summed E-state index contributed by atoms with van der Waals surface area (Å²) in [6, 6.07) is 13.7. The fraction of sp³-hybridized carbons (Fsp3) is 0.0625. The number of halogens is 1. The van der Waals surface area contributed by atoms with Gasteiger partial charge in [0.15, 0.2) is 5.11 Å². The second kappa shape index (κ2) is 8.26. The lowest BCUT2D eigenvalue weighted by molar-refractivity contribution is 0.0974. The van der Waals surface area contributed by atoms with Crippen molar-refractivity contribution in [2.24, 2.45) is 5.73 Å². The number of anilines is 1. The van der Waals surface area contributed by atoms with E-state index in [9.17, 15) is 9.59 Å². The van der Waals surface area contributed by atoms with Gasteiger partial charge in [-0.2, -0.15) is 0 Å². The second-order valence-corrected chi connectivity index (χ2v) is 5.07. The third kappa shape index (κ3) is 5.05. The molecule has 2 aromatic rings. The van der Waals surface area contributed by atoms with Gasteiger partial charge in [0.1, 0.15) is 0 Å². The lowest BCUT2D eigenvalue weighted by Crippen LogP contribution is -2.34. The number of hydrogen-bond donors (Lipinski definition) is 3. The van der Waals surface area contributed by atoms with Gasteiger partial charge in [-0.05, 0) is 55.0 Å². The zero-order chi connectivity index (χ0) is 16.1. The maximum absolute atomic E-state index is 12.1. The highest BCUT2D eigenvalue weighted by atomic mass is 35.5. The van der Waals surface area contributed by atoms with Crippen molar-refractivity contribution in [3.8, 4) is 0 Å². The number of nitrogens with two attached hydrogens (primary N) is 1. The van der Waals surface area contributed by atoms with Gasteiger partial charge in [-0.1, -0.05) is 18.2 Å². The lowest BCUT2D eigenvalue weighted by atomic mass is 10.1. The van der Waals surface area contributed by atoms with Gasteiger partial charge in [-0.25, -0.2) is 0 Å². The van der Waals surface area contributed by atoms with Gasteiger partial charge in [0.05, 0.1) is 0 Å². The van der Waals surface area contributed by atoms with Gasteiger partial charge < -0.3 is 11.1 Å². The molecule has 120 valence electrons. The van der Waals surface area contributed by atoms with Crippen molar-refractivity contribution < 1.29 is 9.59 Å². The predicted molar refractivity (Wildman–Crippen MR) is 97.1 cm³/mol. The van der Waals surface area contributed by atoms with E-state index in [0.717, 1.165) is 5.56 Å². The van der Waals surface area contributed by atoms with Gasteiger partial charge in [-0.15, -0.1) is 12.4 Å². The average Bonchev–Trinajstić information content (AvgIpc) is 2.48. The van der Waals surface area contributed by atoms with Crippen molar-refractivity contribution in [3.63, 3.8) is 0 Å². The van der Waals surface area contributed by atoms with Crippen LogP contribution in [0.1, 0.15) is 26.3 Å². The molecule has 0 fully saturated rings. The Balaban J connectivity index is 0.00000264. The molecule has 0 atom stereocenters. The molecule has 0 saturated heterocycles. The maximum Gasteiger partial charge on any atom is 0.257 e. The zero-order valence-corrected chi connectivity index (χ0v) is 14.0. The first kappa shape index (κ1) is 18.6. The summed E-state index contributed by atoms with van der Waals surface area (Å²) in [6.07, 6.45) is 0. The number of nitrogens with one attached hydrogen (secondary N) is 2. The molecular weight excluding hydrogens is 334 g/mol. The molecule has 4 N–H and O–H groups in total. The molecule has 0 aliphatic carbocycles. The van der Waals surface area contributed by atoms with Crippen LogP contribution in [0.5, 0.6) is 0 Å². The molecule has 0 bridgehead atoms. The summed E-state index contributed by atoms with van der Waals surface area (Å²) < 4.78 is 0. The Kier molecular flexibility index (Phi) is 6.68. The van der Waals surface area contributed by atoms with Crippen molar-refractivity contribution >= 4 is 47.2 Å². The van der Waals surface area contributed by atoms with Crippen LogP contribution in [0.2, 0.25) is 0 Å². The SMILES string of the molecule is Cc1ccccc1C(=O)NC(=S)Nc1ccc(C(N)=O)cc1.Cl. The van der Waals surface area contributed by atoms with E-state index < -0.39 is 5.91 Å². The highest BCUT2D eigenvalue weighted by molar-refractivity contribution is 7.80. The summed E-state index contributed by atoms with van der Waals surface area (Å²) in [7, 11) is 0. The average molecular weight is 350 g/mol. The van der Waals surface area contributed by atoms with Crippen LogP contribution in [-0.4, -0.2) is 16.9 Å². The number of hydrogen-bond acceptors (Lipinski definition) is 3. The van der Waals surface area contributed by atoms with Gasteiger partial charge in [0.25, 0.3) is 5.91 Å². The molecule has 2 rings (SSSR count). The Morgan fingerprint density at radius 1 is 1.04 bits per heavy atom. The first-order chi connectivity index (χ1) is 10.5. The minimum absolute atomic E-state index is 0. The van der Waals surface area contributed by atoms with Crippen LogP contribution in [0.25, 0.3) is 0 Å². The standard InChI is InChI=1S/C16H15N3O2S.ClH/c1-10-4-2-3-5-13(10)15(21)19-16(22)18-12-8-6-11(7-9-12)14(17)20;/h2-9H,1H3,(H2,17,20)(H2,18,19,21,22);1H. The molecule has 0 heterocycles. The number of carbonyl (C=O) groups is 2. The monoisotopic (exact) mass is 349 g/mol. The summed E-state index contributed by atoms with van der Waals surface area (Å²) in [5, 5.41) is 5.67. The number of primary amides is 1. The molecule has 0 radical (unpaired) electrons. The van der Waals surface area contributed by atoms with Crippen LogP contribution < -0.4 is 16.4 Å². The quantitative estimate of drug-likeness (QED) is 0.744. The molecule has 23 heavy (non-hydrogen) atoms. The van der Waals surface area contributed by atoms with Crippen molar-refractivity contribution in [2.75, 3.05) is 5.32 Å². The summed E-state index contributed by atoms with van der Waals surface area (Å²) in [5.74, 6) is -0.772. The Morgan fingerprint density at radius 2 is 1.65 bits per heavy atom. The molecule has 0 unspecified atom stereocenters.